The van der Waals surface area contributed by atoms with Gasteiger partial charge in [-0.1, -0.05) is 0 Å². The van der Waals surface area contributed by atoms with Gasteiger partial charge in [0.2, 0.25) is 0 Å². The molecule has 0 aromatic heterocycles. The summed E-state index contributed by atoms with van der Waals surface area (Å²) in [6.45, 7) is 1.96. The molecule has 0 aliphatic heterocycles. The zero-order valence-corrected chi connectivity index (χ0v) is 8.00. The molecule has 0 aromatic rings. The van der Waals surface area contributed by atoms with E-state index in [1.54, 1.807) is 0 Å². The first-order valence-electron chi connectivity index (χ1n) is 4.92. The van der Waals surface area contributed by atoms with Gasteiger partial charge < -0.3 is 10.8 Å². The molecule has 1 aliphatic rings. The first-order chi connectivity index (χ1) is 6.24. The minimum absolute atomic E-state index is 0.233. The van der Waals surface area contributed by atoms with E-state index in [2.05, 4.69) is 4.90 Å². The lowest BCUT2D eigenvalue weighted by Crippen LogP contribution is -2.30. The number of nitrogens with two attached hydrogens (primary N) is 1. The van der Waals surface area contributed by atoms with Gasteiger partial charge in [-0.25, -0.2) is 0 Å². The van der Waals surface area contributed by atoms with Gasteiger partial charge in [0.05, 0.1) is 12.4 Å². The predicted molar refractivity (Wildman–Crippen MR) is 52.8 cm³/mol. The van der Waals surface area contributed by atoms with E-state index in [1.165, 1.54) is 12.8 Å². The minimum Gasteiger partial charge on any atom is -0.395 e. The Balaban J connectivity index is 2.10. The van der Waals surface area contributed by atoms with Gasteiger partial charge in [0.15, 0.2) is 0 Å². The number of nitrogens with one attached hydrogen (secondary N) is 1. The molecular weight excluding hydrogens is 166 g/mol. The predicted octanol–water partition coefficient (Wildman–Crippen LogP) is 0.159. The van der Waals surface area contributed by atoms with Crippen molar-refractivity contribution in [2.24, 2.45) is 5.73 Å². The maximum Gasteiger partial charge on any atom is 0.0905 e. The number of amidine groups is 1. The third-order valence-corrected chi connectivity index (χ3v) is 2.34. The number of rotatable bonds is 7. The zero-order valence-electron chi connectivity index (χ0n) is 8.00. The molecule has 4 heteroatoms. The molecule has 1 fully saturated rings. The van der Waals surface area contributed by atoms with E-state index < -0.39 is 0 Å². The zero-order chi connectivity index (χ0) is 9.68. The fourth-order valence-electron chi connectivity index (χ4n) is 1.52. The second-order valence-electron chi connectivity index (χ2n) is 3.62. The topological polar surface area (TPSA) is 73.3 Å². The van der Waals surface area contributed by atoms with Crippen LogP contribution in [-0.4, -0.2) is 41.6 Å². The number of aliphatic hydroxyl groups excluding tert-OH is 1. The van der Waals surface area contributed by atoms with E-state index >= 15 is 0 Å². The summed E-state index contributed by atoms with van der Waals surface area (Å²) in [6, 6.07) is 0.694. The van der Waals surface area contributed by atoms with Crippen LogP contribution in [0.15, 0.2) is 0 Å². The molecule has 1 saturated carbocycles. The van der Waals surface area contributed by atoms with Crippen LogP contribution in [0.3, 0.4) is 0 Å². The second kappa shape index (κ2) is 5.19. The smallest absolute Gasteiger partial charge is 0.0905 e. The van der Waals surface area contributed by atoms with Crippen molar-refractivity contribution in [2.45, 2.75) is 31.7 Å². The monoisotopic (exact) mass is 185 g/mol. The Kier molecular flexibility index (Phi) is 4.18. The highest BCUT2D eigenvalue weighted by molar-refractivity contribution is 5.76. The van der Waals surface area contributed by atoms with Crippen LogP contribution in [-0.2, 0) is 0 Å². The SMILES string of the molecule is N=C(N)CCCN(CCO)C1CC1. The maximum absolute atomic E-state index is 8.81. The van der Waals surface area contributed by atoms with Crippen LogP contribution in [0, 0.1) is 5.41 Å². The number of aliphatic hydroxyl groups is 1. The van der Waals surface area contributed by atoms with Crippen molar-refractivity contribution in [3.63, 3.8) is 0 Å². The Morgan fingerprint density at radius 3 is 2.62 bits per heavy atom. The highest BCUT2D eigenvalue weighted by atomic mass is 16.3. The highest BCUT2D eigenvalue weighted by Gasteiger charge is 2.27. The van der Waals surface area contributed by atoms with Crippen molar-refractivity contribution in [3.05, 3.63) is 0 Å². The average Bonchev–Trinajstić information content (AvgIpc) is 2.84. The molecule has 0 unspecified atom stereocenters. The molecule has 0 bridgehead atoms. The van der Waals surface area contributed by atoms with Crippen molar-refractivity contribution in [1.29, 1.82) is 5.41 Å². The Labute approximate surface area is 79.2 Å². The summed E-state index contributed by atoms with van der Waals surface area (Å²) in [4.78, 5) is 2.29. The van der Waals surface area contributed by atoms with Crippen LogP contribution < -0.4 is 5.73 Å². The van der Waals surface area contributed by atoms with Gasteiger partial charge in [0.1, 0.15) is 0 Å². The van der Waals surface area contributed by atoms with Gasteiger partial charge in [0, 0.05) is 19.0 Å². The van der Waals surface area contributed by atoms with Crippen LogP contribution >= 0.6 is 0 Å². The lowest BCUT2D eigenvalue weighted by molar-refractivity contribution is 0.188. The molecular formula is C9H19N3O. The van der Waals surface area contributed by atoms with Gasteiger partial charge in [-0.3, -0.25) is 10.3 Å². The Morgan fingerprint density at radius 2 is 2.15 bits per heavy atom. The Morgan fingerprint density at radius 1 is 1.46 bits per heavy atom. The summed E-state index contributed by atoms with van der Waals surface area (Å²) in [5, 5.41) is 15.9. The highest BCUT2D eigenvalue weighted by Crippen LogP contribution is 2.26. The van der Waals surface area contributed by atoms with E-state index in [1.807, 2.05) is 0 Å². The van der Waals surface area contributed by atoms with Crippen molar-refractivity contribution in [1.82, 2.24) is 4.90 Å². The van der Waals surface area contributed by atoms with Crippen molar-refractivity contribution in [3.8, 4) is 0 Å². The van der Waals surface area contributed by atoms with Crippen molar-refractivity contribution < 1.29 is 5.11 Å². The van der Waals surface area contributed by atoms with Gasteiger partial charge in [-0.15, -0.1) is 0 Å². The molecule has 0 saturated heterocycles. The molecule has 1 aliphatic carbocycles. The fraction of sp³-hybridized carbons (Fsp3) is 0.889. The van der Waals surface area contributed by atoms with Crippen molar-refractivity contribution >= 4 is 5.84 Å². The van der Waals surface area contributed by atoms with E-state index in [9.17, 15) is 0 Å². The molecule has 0 radical (unpaired) electrons. The normalized spacial score (nSPS) is 16.5. The van der Waals surface area contributed by atoms with Gasteiger partial charge >= 0.3 is 0 Å². The third kappa shape index (κ3) is 4.24. The summed E-state index contributed by atoms with van der Waals surface area (Å²) in [6.07, 6.45) is 4.14. The average molecular weight is 185 g/mol. The minimum atomic E-state index is 0.233. The molecule has 13 heavy (non-hydrogen) atoms. The molecule has 0 spiro atoms. The summed E-state index contributed by atoms with van der Waals surface area (Å²) < 4.78 is 0. The summed E-state index contributed by atoms with van der Waals surface area (Å²) >= 11 is 0. The molecule has 4 N–H and O–H groups in total. The molecule has 0 amide bonds. The Hall–Kier alpha value is -0.610. The number of nitrogens with zero attached hydrogens (tertiary/aromatic N) is 1. The molecule has 0 aromatic carbocycles. The molecule has 76 valence electrons. The third-order valence-electron chi connectivity index (χ3n) is 2.34. The molecule has 0 atom stereocenters. The summed E-state index contributed by atoms with van der Waals surface area (Å²) in [5.74, 6) is 0.264. The molecule has 0 heterocycles. The molecule has 1 rings (SSSR count). The number of hydrogen-bond acceptors (Lipinski definition) is 3. The van der Waals surface area contributed by atoms with Crippen LogP contribution in [0.1, 0.15) is 25.7 Å². The summed E-state index contributed by atoms with van der Waals surface area (Å²) in [7, 11) is 0. The van der Waals surface area contributed by atoms with E-state index in [-0.39, 0.29) is 12.4 Å². The van der Waals surface area contributed by atoms with Crippen LogP contribution in [0.5, 0.6) is 0 Å². The van der Waals surface area contributed by atoms with E-state index in [0.717, 1.165) is 19.5 Å². The molecule has 4 nitrogen and oxygen atoms in total. The van der Waals surface area contributed by atoms with E-state index in [0.29, 0.717) is 12.5 Å². The summed E-state index contributed by atoms with van der Waals surface area (Å²) in [5.41, 5.74) is 5.26. The van der Waals surface area contributed by atoms with Crippen LogP contribution in [0.2, 0.25) is 0 Å². The first-order valence-corrected chi connectivity index (χ1v) is 4.92. The maximum atomic E-state index is 8.81. The second-order valence-corrected chi connectivity index (χ2v) is 3.62. The van der Waals surface area contributed by atoms with Gasteiger partial charge in [0.25, 0.3) is 0 Å². The lowest BCUT2D eigenvalue weighted by Gasteiger charge is -2.20. The largest absolute Gasteiger partial charge is 0.395 e. The Bertz CT molecular complexity index is 168. The first kappa shape index (κ1) is 10.5. The standard InChI is InChI=1S/C9H19N3O/c10-9(11)2-1-5-12(6-7-13)8-3-4-8/h8,13H,1-7H2,(H3,10,11). The van der Waals surface area contributed by atoms with Crippen LogP contribution in [0.25, 0.3) is 0 Å². The quantitative estimate of drug-likeness (QED) is 0.391. The van der Waals surface area contributed by atoms with Gasteiger partial charge in [-0.05, 0) is 25.8 Å². The lowest BCUT2D eigenvalue weighted by atomic mass is 10.2. The number of hydrogen-bond donors (Lipinski definition) is 3. The fourth-order valence-corrected chi connectivity index (χ4v) is 1.52. The van der Waals surface area contributed by atoms with Crippen LogP contribution in [0.4, 0.5) is 0 Å². The van der Waals surface area contributed by atoms with E-state index in [4.69, 9.17) is 16.2 Å². The van der Waals surface area contributed by atoms with Gasteiger partial charge in [-0.2, -0.15) is 0 Å². The van der Waals surface area contributed by atoms with Crippen molar-refractivity contribution in [2.75, 3.05) is 19.7 Å².